The summed E-state index contributed by atoms with van der Waals surface area (Å²) in [7, 11) is 0. The number of hydrogen-bond donors (Lipinski definition) is 0. The molecule has 1 atom stereocenters. The first-order valence-electron chi connectivity index (χ1n) is 9.17. The SMILES string of the molecule is CC(C)c1nccn1C1CCCN(C(=O)c2cnc3ccccc3n2)C1. The molecule has 0 aliphatic carbocycles. The van der Waals surface area contributed by atoms with Gasteiger partial charge in [0.2, 0.25) is 0 Å². The van der Waals surface area contributed by atoms with Gasteiger partial charge in [-0.3, -0.25) is 9.78 Å². The van der Waals surface area contributed by atoms with E-state index in [0.717, 1.165) is 36.2 Å². The van der Waals surface area contributed by atoms with E-state index in [0.29, 0.717) is 18.2 Å². The van der Waals surface area contributed by atoms with Gasteiger partial charge >= 0.3 is 0 Å². The molecule has 0 N–H and O–H groups in total. The predicted molar refractivity (Wildman–Crippen MR) is 100 cm³/mol. The molecule has 3 aromatic rings. The topological polar surface area (TPSA) is 63.9 Å². The van der Waals surface area contributed by atoms with Crippen LogP contribution in [-0.4, -0.2) is 43.4 Å². The van der Waals surface area contributed by atoms with E-state index in [9.17, 15) is 4.79 Å². The minimum atomic E-state index is -0.0424. The van der Waals surface area contributed by atoms with Crippen molar-refractivity contribution in [2.24, 2.45) is 0 Å². The van der Waals surface area contributed by atoms with Crippen molar-refractivity contribution in [2.75, 3.05) is 13.1 Å². The lowest BCUT2D eigenvalue weighted by Crippen LogP contribution is -2.41. The minimum Gasteiger partial charge on any atom is -0.335 e. The second-order valence-electron chi connectivity index (χ2n) is 7.14. The Morgan fingerprint density at radius 3 is 2.81 bits per heavy atom. The summed E-state index contributed by atoms with van der Waals surface area (Å²) in [5.74, 6) is 1.40. The van der Waals surface area contributed by atoms with Gasteiger partial charge < -0.3 is 9.47 Å². The van der Waals surface area contributed by atoms with Gasteiger partial charge in [-0.05, 0) is 25.0 Å². The highest BCUT2D eigenvalue weighted by Gasteiger charge is 2.27. The second-order valence-corrected chi connectivity index (χ2v) is 7.14. The third-order valence-corrected chi connectivity index (χ3v) is 4.96. The van der Waals surface area contributed by atoms with Crippen molar-refractivity contribution in [2.45, 2.75) is 38.6 Å². The van der Waals surface area contributed by atoms with Crippen LogP contribution in [0.15, 0.2) is 42.9 Å². The van der Waals surface area contributed by atoms with Crippen LogP contribution in [0, 0.1) is 0 Å². The first-order valence-corrected chi connectivity index (χ1v) is 9.17. The van der Waals surface area contributed by atoms with Crippen LogP contribution in [0.5, 0.6) is 0 Å². The molecule has 6 heteroatoms. The van der Waals surface area contributed by atoms with Crippen molar-refractivity contribution in [1.29, 1.82) is 0 Å². The normalized spacial score (nSPS) is 17.8. The number of carbonyl (C=O) groups is 1. The number of imidazole rings is 1. The summed E-state index contributed by atoms with van der Waals surface area (Å²) in [4.78, 5) is 28.3. The summed E-state index contributed by atoms with van der Waals surface area (Å²) < 4.78 is 2.23. The number of fused-ring (bicyclic) bond motifs is 1. The Hall–Kier alpha value is -2.76. The van der Waals surface area contributed by atoms with E-state index in [4.69, 9.17) is 0 Å². The van der Waals surface area contributed by atoms with E-state index in [2.05, 4.69) is 33.4 Å². The zero-order valence-corrected chi connectivity index (χ0v) is 15.2. The average Bonchev–Trinajstić information content (AvgIpc) is 3.17. The van der Waals surface area contributed by atoms with Gasteiger partial charge in [0.05, 0.1) is 23.3 Å². The monoisotopic (exact) mass is 349 g/mol. The molecular weight excluding hydrogens is 326 g/mol. The van der Waals surface area contributed by atoms with Crippen molar-refractivity contribution in [1.82, 2.24) is 24.4 Å². The highest BCUT2D eigenvalue weighted by atomic mass is 16.2. The van der Waals surface area contributed by atoms with E-state index in [1.807, 2.05) is 41.6 Å². The van der Waals surface area contributed by atoms with E-state index in [-0.39, 0.29) is 11.9 Å². The Morgan fingerprint density at radius 1 is 1.19 bits per heavy atom. The molecule has 1 fully saturated rings. The number of hydrogen-bond acceptors (Lipinski definition) is 4. The Labute approximate surface area is 152 Å². The Bertz CT molecular complexity index is 933. The predicted octanol–water partition coefficient (Wildman–Crippen LogP) is 3.43. The molecule has 6 nitrogen and oxygen atoms in total. The number of para-hydroxylation sites is 2. The molecule has 2 aromatic heterocycles. The van der Waals surface area contributed by atoms with Gasteiger partial charge in [0.1, 0.15) is 11.5 Å². The van der Waals surface area contributed by atoms with Gasteiger partial charge in [0, 0.05) is 31.4 Å². The second kappa shape index (κ2) is 6.86. The maximum absolute atomic E-state index is 13.0. The van der Waals surface area contributed by atoms with Gasteiger partial charge in [-0.2, -0.15) is 0 Å². The number of rotatable bonds is 3. The summed E-state index contributed by atoms with van der Waals surface area (Å²) in [6.45, 7) is 5.74. The van der Waals surface area contributed by atoms with Crippen LogP contribution >= 0.6 is 0 Å². The van der Waals surface area contributed by atoms with Crippen molar-refractivity contribution in [3.8, 4) is 0 Å². The van der Waals surface area contributed by atoms with Crippen LogP contribution in [-0.2, 0) is 0 Å². The molecule has 0 radical (unpaired) electrons. The molecule has 1 amide bonds. The van der Waals surface area contributed by atoms with E-state index in [1.165, 1.54) is 0 Å². The highest BCUT2D eigenvalue weighted by molar-refractivity contribution is 5.93. The summed E-state index contributed by atoms with van der Waals surface area (Å²) in [6, 6.07) is 7.89. The summed E-state index contributed by atoms with van der Waals surface area (Å²) in [6.07, 6.45) is 7.51. The van der Waals surface area contributed by atoms with Gasteiger partial charge in [-0.25, -0.2) is 9.97 Å². The van der Waals surface area contributed by atoms with Crippen LogP contribution in [0.1, 0.15) is 55.0 Å². The Morgan fingerprint density at radius 2 is 2.00 bits per heavy atom. The Balaban J connectivity index is 1.56. The van der Waals surface area contributed by atoms with Crippen LogP contribution < -0.4 is 0 Å². The lowest BCUT2D eigenvalue weighted by molar-refractivity contribution is 0.0671. The van der Waals surface area contributed by atoms with E-state index in [1.54, 1.807) is 6.20 Å². The first kappa shape index (κ1) is 16.7. The highest BCUT2D eigenvalue weighted by Crippen LogP contribution is 2.26. The number of carbonyl (C=O) groups excluding carboxylic acids is 1. The molecule has 0 saturated carbocycles. The lowest BCUT2D eigenvalue weighted by Gasteiger charge is -2.34. The molecule has 1 aliphatic rings. The zero-order valence-electron chi connectivity index (χ0n) is 15.2. The molecule has 26 heavy (non-hydrogen) atoms. The zero-order chi connectivity index (χ0) is 18.1. The quantitative estimate of drug-likeness (QED) is 0.727. The molecular formula is C20H23N5O. The number of nitrogens with zero attached hydrogens (tertiary/aromatic N) is 5. The lowest BCUT2D eigenvalue weighted by atomic mass is 10.0. The molecule has 134 valence electrons. The molecule has 1 aliphatic heterocycles. The summed E-state index contributed by atoms with van der Waals surface area (Å²) in [5.41, 5.74) is 1.98. The third-order valence-electron chi connectivity index (χ3n) is 4.96. The largest absolute Gasteiger partial charge is 0.335 e. The fourth-order valence-corrected chi connectivity index (χ4v) is 3.67. The van der Waals surface area contributed by atoms with E-state index >= 15 is 0 Å². The molecule has 1 unspecified atom stereocenters. The fraction of sp³-hybridized carbons (Fsp3) is 0.400. The maximum Gasteiger partial charge on any atom is 0.274 e. The van der Waals surface area contributed by atoms with Crippen LogP contribution in [0.3, 0.4) is 0 Å². The van der Waals surface area contributed by atoms with Crippen molar-refractivity contribution < 1.29 is 4.79 Å². The minimum absolute atomic E-state index is 0.0424. The molecule has 0 spiro atoms. The van der Waals surface area contributed by atoms with Gasteiger partial charge in [-0.1, -0.05) is 26.0 Å². The van der Waals surface area contributed by atoms with Crippen LogP contribution in [0.4, 0.5) is 0 Å². The van der Waals surface area contributed by atoms with Gasteiger partial charge in [0.25, 0.3) is 5.91 Å². The number of likely N-dealkylation sites (tertiary alicyclic amines) is 1. The molecule has 1 aromatic carbocycles. The van der Waals surface area contributed by atoms with Gasteiger partial charge in [0.15, 0.2) is 0 Å². The number of amides is 1. The van der Waals surface area contributed by atoms with Crippen LogP contribution in [0.25, 0.3) is 11.0 Å². The fourth-order valence-electron chi connectivity index (χ4n) is 3.67. The van der Waals surface area contributed by atoms with Crippen LogP contribution in [0.2, 0.25) is 0 Å². The molecule has 4 rings (SSSR count). The molecule has 0 bridgehead atoms. The van der Waals surface area contributed by atoms with Crippen molar-refractivity contribution >= 4 is 16.9 Å². The first-order chi connectivity index (χ1) is 12.6. The molecule has 3 heterocycles. The smallest absolute Gasteiger partial charge is 0.274 e. The third kappa shape index (κ3) is 3.07. The number of benzene rings is 1. The summed E-state index contributed by atoms with van der Waals surface area (Å²) >= 11 is 0. The number of aromatic nitrogens is 4. The maximum atomic E-state index is 13.0. The van der Waals surface area contributed by atoms with Crippen molar-refractivity contribution in [3.63, 3.8) is 0 Å². The summed E-state index contributed by atoms with van der Waals surface area (Å²) in [5, 5.41) is 0. The molecule has 1 saturated heterocycles. The number of piperidine rings is 1. The van der Waals surface area contributed by atoms with Crippen molar-refractivity contribution in [3.05, 3.63) is 54.4 Å². The van der Waals surface area contributed by atoms with E-state index < -0.39 is 0 Å². The standard InChI is InChI=1S/C20H23N5O/c1-14(2)19-21-9-11-25(19)15-6-5-10-24(13-15)20(26)18-12-22-16-7-3-4-8-17(16)23-18/h3-4,7-9,11-12,14-15H,5-6,10,13H2,1-2H3. The Kier molecular flexibility index (Phi) is 4.41. The van der Waals surface area contributed by atoms with Gasteiger partial charge in [-0.15, -0.1) is 0 Å². The average molecular weight is 349 g/mol.